The predicted molar refractivity (Wildman–Crippen MR) is 81.2 cm³/mol. The average molecular weight is 280 g/mol. The van der Waals surface area contributed by atoms with Crippen LogP contribution in [-0.2, 0) is 11.3 Å². The molecule has 0 atom stereocenters. The molecule has 2 aromatic carbocycles. The first-order chi connectivity index (χ1) is 10.3. The van der Waals surface area contributed by atoms with Crippen LogP contribution in [0.5, 0.6) is 0 Å². The molecule has 1 aromatic heterocycles. The zero-order chi connectivity index (χ0) is 14.7. The van der Waals surface area contributed by atoms with Gasteiger partial charge in [-0.1, -0.05) is 36.4 Å². The maximum absolute atomic E-state index is 11.8. The van der Waals surface area contributed by atoms with Gasteiger partial charge in [0, 0.05) is 6.54 Å². The lowest BCUT2D eigenvalue weighted by atomic mass is 10.1. The lowest BCUT2D eigenvalue weighted by molar-refractivity contribution is 0.0514. The predicted octanol–water partition coefficient (Wildman–Crippen LogP) is 3.26. The fraction of sp³-hybridized carbons (Fsp3) is 0.176. The summed E-state index contributed by atoms with van der Waals surface area (Å²) in [6.45, 7) is 2.75. The van der Waals surface area contributed by atoms with E-state index in [4.69, 9.17) is 4.74 Å². The summed E-state index contributed by atoms with van der Waals surface area (Å²) in [7, 11) is 0. The molecule has 0 bridgehead atoms. The molecule has 1 heterocycles. The Morgan fingerprint density at radius 1 is 1.19 bits per heavy atom. The third-order valence-electron chi connectivity index (χ3n) is 3.36. The van der Waals surface area contributed by atoms with E-state index in [1.807, 2.05) is 16.7 Å². The monoisotopic (exact) mass is 280 g/mol. The highest BCUT2D eigenvalue weighted by Crippen LogP contribution is 2.17. The highest BCUT2D eigenvalue weighted by molar-refractivity contribution is 5.87. The van der Waals surface area contributed by atoms with Crippen LogP contribution in [0.4, 0.5) is 0 Å². The molecule has 0 amide bonds. The summed E-state index contributed by atoms with van der Waals surface area (Å²) in [6, 6.07) is 14.5. The number of esters is 1. The van der Waals surface area contributed by atoms with Gasteiger partial charge in [0.05, 0.1) is 19.1 Å². The number of rotatable bonds is 4. The van der Waals surface area contributed by atoms with E-state index in [-0.39, 0.29) is 5.97 Å². The first-order valence-corrected chi connectivity index (χ1v) is 6.93. The Balaban J connectivity index is 1.88. The molecule has 3 rings (SSSR count). The molecule has 0 spiro atoms. The highest BCUT2D eigenvalue weighted by atomic mass is 16.5. The van der Waals surface area contributed by atoms with E-state index in [2.05, 4.69) is 35.3 Å². The van der Waals surface area contributed by atoms with Gasteiger partial charge in [-0.3, -0.25) is 0 Å². The molecule has 21 heavy (non-hydrogen) atoms. The van der Waals surface area contributed by atoms with Gasteiger partial charge in [-0.2, -0.15) is 0 Å². The van der Waals surface area contributed by atoms with Crippen molar-refractivity contribution in [1.82, 2.24) is 9.55 Å². The second-order valence-electron chi connectivity index (χ2n) is 4.81. The van der Waals surface area contributed by atoms with Gasteiger partial charge in [0.1, 0.15) is 5.69 Å². The third kappa shape index (κ3) is 2.79. The minimum atomic E-state index is -0.337. The molecule has 0 radical (unpaired) electrons. The summed E-state index contributed by atoms with van der Waals surface area (Å²) in [5.74, 6) is -0.337. The first kappa shape index (κ1) is 13.4. The van der Waals surface area contributed by atoms with E-state index in [0.717, 1.165) is 5.56 Å². The zero-order valence-corrected chi connectivity index (χ0v) is 11.8. The number of ether oxygens (including phenoxy) is 1. The number of fused-ring (bicyclic) bond motifs is 1. The molecule has 0 aliphatic rings. The van der Waals surface area contributed by atoms with E-state index < -0.39 is 0 Å². The topological polar surface area (TPSA) is 44.1 Å². The Kier molecular flexibility index (Phi) is 3.69. The normalized spacial score (nSPS) is 10.7. The van der Waals surface area contributed by atoms with Crippen LogP contribution in [0.3, 0.4) is 0 Å². The summed E-state index contributed by atoms with van der Waals surface area (Å²) < 4.78 is 6.84. The van der Waals surface area contributed by atoms with Crippen molar-refractivity contribution >= 4 is 16.7 Å². The van der Waals surface area contributed by atoms with Gasteiger partial charge in [0.2, 0.25) is 0 Å². The van der Waals surface area contributed by atoms with Gasteiger partial charge in [0.15, 0.2) is 0 Å². The van der Waals surface area contributed by atoms with Crippen LogP contribution in [0, 0.1) is 0 Å². The molecule has 4 nitrogen and oxygen atoms in total. The Bertz CT molecular complexity index is 777. The van der Waals surface area contributed by atoms with Crippen LogP contribution in [-0.4, -0.2) is 22.1 Å². The molecule has 106 valence electrons. The number of benzene rings is 2. The van der Waals surface area contributed by atoms with Crippen molar-refractivity contribution < 1.29 is 9.53 Å². The summed E-state index contributed by atoms with van der Waals surface area (Å²) >= 11 is 0. The second-order valence-corrected chi connectivity index (χ2v) is 4.81. The molecule has 0 aliphatic heterocycles. The van der Waals surface area contributed by atoms with Gasteiger partial charge >= 0.3 is 5.97 Å². The number of nitrogens with zero attached hydrogens (tertiary/aromatic N) is 2. The quantitative estimate of drug-likeness (QED) is 0.689. The molecule has 0 fully saturated rings. The van der Waals surface area contributed by atoms with Gasteiger partial charge in [-0.15, -0.1) is 0 Å². The van der Waals surface area contributed by atoms with Crippen molar-refractivity contribution in [2.75, 3.05) is 6.61 Å². The highest BCUT2D eigenvalue weighted by Gasteiger charge is 2.12. The molecule has 0 saturated carbocycles. The van der Waals surface area contributed by atoms with E-state index in [1.165, 1.54) is 10.8 Å². The lowest BCUT2D eigenvalue weighted by Gasteiger charge is -2.08. The maximum Gasteiger partial charge on any atom is 0.356 e. The van der Waals surface area contributed by atoms with Crippen LogP contribution < -0.4 is 0 Å². The Morgan fingerprint density at radius 2 is 2.00 bits per heavy atom. The van der Waals surface area contributed by atoms with E-state index in [0.29, 0.717) is 18.8 Å². The molecular formula is C17H16N2O2. The summed E-state index contributed by atoms with van der Waals surface area (Å²) in [6.07, 6.45) is 3.19. The SMILES string of the molecule is CCOC(=O)c1cncn1Cc1ccc2ccccc2c1. The second kappa shape index (κ2) is 5.79. The number of hydrogen-bond acceptors (Lipinski definition) is 3. The maximum atomic E-state index is 11.8. The smallest absolute Gasteiger partial charge is 0.356 e. The van der Waals surface area contributed by atoms with E-state index >= 15 is 0 Å². The van der Waals surface area contributed by atoms with E-state index in [1.54, 1.807) is 19.4 Å². The van der Waals surface area contributed by atoms with Crippen LogP contribution in [0.1, 0.15) is 23.0 Å². The standard InChI is InChI=1S/C17H16N2O2/c1-2-21-17(20)16-10-18-12-19(16)11-13-7-8-14-5-3-4-6-15(14)9-13/h3-10,12H,2,11H2,1H3. The van der Waals surface area contributed by atoms with Crippen molar-refractivity contribution in [3.05, 3.63) is 66.2 Å². The molecule has 4 heteroatoms. The third-order valence-corrected chi connectivity index (χ3v) is 3.36. The van der Waals surface area contributed by atoms with E-state index in [9.17, 15) is 4.79 Å². The summed E-state index contributed by atoms with van der Waals surface area (Å²) in [5, 5.41) is 2.39. The average Bonchev–Trinajstić information content (AvgIpc) is 2.95. The van der Waals surface area contributed by atoms with Gasteiger partial charge in [0.25, 0.3) is 0 Å². The molecule has 0 aliphatic carbocycles. The summed E-state index contributed by atoms with van der Waals surface area (Å²) in [4.78, 5) is 15.9. The molecular weight excluding hydrogens is 264 g/mol. The number of hydrogen-bond donors (Lipinski definition) is 0. The first-order valence-electron chi connectivity index (χ1n) is 6.93. The molecule has 3 aromatic rings. The van der Waals surface area contributed by atoms with Gasteiger partial charge in [-0.05, 0) is 29.3 Å². The fourth-order valence-electron chi connectivity index (χ4n) is 2.36. The van der Waals surface area contributed by atoms with Crippen molar-refractivity contribution in [3.63, 3.8) is 0 Å². The lowest BCUT2D eigenvalue weighted by Crippen LogP contribution is -2.12. The van der Waals surface area contributed by atoms with Crippen molar-refractivity contribution in [1.29, 1.82) is 0 Å². The number of carbonyl (C=O) groups excluding carboxylic acids is 1. The minimum absolute atomic E-state index is 0.337. The van der Waals surface area contributed by atoms with Crippen molar-refractivity contribution in [3.8, 4) is 0 Å². The Morgan fingerprint density at radius 3 is 2.81 bits per heavy atom. The number of aromatic nitrogens is 2. The molecule has 0 unspecified atom stereocenters. The van der Waals surface area contributed by atoms with Crippen LogP contribution >= 0.6 is 0 Å². The van der Waals surface area contributed by atoms with Crippen LogP contribution in [0.25, 0.3) is 10.8 Å². The Labute approximate surface area is 123 Å². The van der Waals surface area contributed by atoms with Crippen LogP contribution in [0.15, 0.2) is 55.0 Å². The fourth-order valence-corrected chi connectivity index (χ4v) is 2.36. The Hall–Kier alpha value is -2.62. The molecule has 0 saturated heterocycles. The van der Waals surface area contributed by atoms with Gasteiger partial charge < -0.3 is 9.30 Å². The van der Waals surface area contributed by atoms with Crippen molar-refractivity contribution in [2.45, 2.75) is 13.5 Å². The summed E-state index contributed by atoms with van der Waals surface area (Å²) in [5.41, 5.74) is 1.60. The molecule has 0 N–H and O–H groups in total. The largest absolute Gasteiger partial charge is 0.461 e. The number of imidazole rings is 1. The number of carbonyl (C=O) groups is 1. The van der Waals surface area contributed by atoms with Gasteiger partial charge in [-0.25, -0.2) is 9.78 Å². The van der Waals surface area contributed by atoms with Crippen molar-refractivity contribution in [2.24, 2.45) is 0 Å². The van der Waals surface area contributed by atoms with Crippen LogP contribution in [0.2, 0.25) is 0 Å². The minimum Gasteiger partial charge on any atom is -0.461 e. The zero-order valence-electron chi connectivity index (χ0n) is 11.8.